The molecule has 1 saturated heterocycles. The Morgan fingerprint density at radius 2 is 1.72 bits per heavy atom. The molecule has 3 aromatic rings. The number of benzene rings is 2. The Morgan fingerprint density at radius 3 is 2.44 bits per heavy atom. The van der Waals surface area contributed by atoms with Crippen LogP contribution in [0.3, 0.4) is 0 Å². The number of nitrogens with one attached hydrogen (secondary N) is 1. The van der Waals surface area contributed by atoms with Gasteiger partial charge >= 0.3 is 0 Å². The van der Waals surface area contributed by atoms with Gasteiger partial charge in [0.25, 0.3) is 0 Å². The van der Waals surface area contributed by atoms with Crippen molar-refractivity contribution in [1.29, 1.82) is 0 Å². The van der Waals surface area contributed by atoms with E-state index in [1.54, 1.807) is 7.11 Å². The molecule has 92 valence electrons. The zero-order valence-corrected chi connectivity index (χ0v) is 10.3. The van der Waals surface area contributed by atoms with Gasteiger partial charge in [0.05, 0.1) is 25.8 Å². The minimum absolute atomic E-state index is 0.883. The van der Waals surface area contributed by atoms with E-state index in [2.05, 4.69) is 34.0 Å². The number of hydrogen-bond donors (Lipinski definition) is 1. The van der Waals surface area contributed by atoms with Crippen molar-refractivity contribution in [3.05, 3.63) is 42.5 Å². The van der Waals surface area contributed by atoms with Crippen molar-refractivity contribution in [2.75, 3.05) is 20.3 Å². The average Bonchev–Trinajstić information content (AvgIpc) is 3.25. The molecule has 0 unspecified atom stereocenters. The van der Waals surface area contributed by atoms with E-state index in [-0.39, 0.29) is 0 Å². The lowest BCUT2D eigenvalue weighted by Gasteiger charge is -1.98. The van der Waals surface area contributed by atoms with Crippen molar-refractivity contribution in [2.24, 2.45) is 0 Å². The topological polar surface area (TPSA) is 37.5 Å². The second kappa shape index (κ2) is 4.70. The van der Waals surface area contributed by atoms with E-state index in [9.17, 15) is 0 Å². The van der Waals surface area contributed by atoms with Crippen LogP contribution in [0.15, 0.2) is 42.5 Å². The summed E-state index contributed by atoms with van der Waals surface area (Å²) < 4.78 is 9.70. The predicted octanol–water partition coefficient (Wildman–Crippen LogP) is 3.35. The molecule has 1 fully saturated rings. The molecule has 0 radical (unpaired) electrons. The third-order valence-corrected chi connectivity index (χ3v) is 2.92. The molecule has 1 aliphatic heterocycles. The van der Waals surface area contributed by atoms with Crippen LogP contribution in [0.1, 0.15) is 0 Å². The first-order chi connectivity index (χ1) is 8.88. The molecule has 1 aromatic heterocycles. The van der Waals surface area contributed by atoms with Crippen molar-refractivity contribution < 1.29 is 9.47 Å². The van der Waals surface area contributed by atoms with Crippen molar-refractivity contribution in [1.82, 2.24) is 4.98 Å². The smallest absolute Gasteiger partial charge is 0.120 e. The molecule has 1 aliphatic rings. The van der Waals surface area contributed by atoms with E-state index in [0.717, 1.165) is 24.5 Å². The molecule has 0 bridgehead atoms. The van der Waals surface area contributed by atoms with Crippen LogP contribution < -0.4 is 4.74 Å². The van der Waals surface area contributed by atoms with Crippen molar-refractivity contribution >= 4 is 21.8 Å². The first-order valence-corrected chi connectivity index (χ1v) is 6.01. The van der Waals surface area contributed by atoms with E-state index in [0.29, 0.717) is 0 Å². The number of fused-ring (bicyclic) bond motifs is 3. The number of ether oxygens (including phenoxy) is 2. The number of epoxide rings is 1. The third-order valence-electron chi connectivity index (χ3n) is 2.92. The third kappa shape index (κ3) is 2.17. The number of para-hydroxylation sites is 1. The normalized spacial score (nSPS) is 13.2. The highest BCUT2D eigenvalue weighted by atomic mass is 16.6. The fourth-order valence-electron chi connectivity index (χ4n) is 1.96. The highest BCUT2D eigenvalue weighted by Crippen LogP contribution is 2.27. The summed E-state index contributed by atoms with van der Waals surface area (Å²) in [5.41, 5.74) is 2.29. The number of aromatic nitrogens is 1. The van der Waals surface area contributed by atoms with Crippen molar-refractivity contribution in [3.8, 4) is 5.75 Å². The maximum Gasteiger partial charge on any atom is 0.120 e. The minimum Gasteiger partial charge on any atom is -0.497 e. The van der Waals surface area contributed by atoms with Crippen LogP contribution >= 0.6 is 0 Å². The Kier molecular flexibility index (Phi) is 2.90. The molecule has 3 nitrogen and oxygen atoms in total. The standard InChI is InChI=1S/C13H11NO.C2H4O/c1-15-9-6-7-11-10-4-2-3-5-12(10)14-13(11)8-9;1-2-3-1/h2-8,14H,1H3;1-2H2. The molecular weight excluding hydrogens is 226 g/mol. The van der Waals surface area contributed by atoms with Gasteiger partial charge in [0, 0.05) is 22.4 Å². The summed E-state index contributed by atoms with van der Waals surface area (Å²) in [6.07, 6.45) is 0. The number of H-pyrrole nitrogens is 1. The Balaban J connectivity index is 0.000000293. The first-order valence-electron chi connectivity index (χ1n) is 6.01. The fraction of sp³-hybridized carbons (Fsp3) is 0.200. The summed E-state index contributed by atoms with van der Waals surface area (Å²) in [7, 11) is 1.68. The number of aromatic amines is 1. The maximum absolute atomic E-state index is 5.20. The van der Waals surface area contributed by atoms with Gasteiger partial charge in [-0.2, -0.15) is 0 Å². The quantitative estimate of drug-likeness (QED) is 0.663. The monoisotopic (exact) mass is 241 g/mol. The fourth-order valence-corrected chi connectivity index (χ4v) is 1.96. The van der Waals surface area contributed by atoms with Gasteiger partial charge in [-0.1, -0.05) is 18.2 Å². The average molecular weight is 241 g/mol. The van der Waals surface area contributed by atoms with Crippen molar-refractivity contribution in [3.63, 3.8) is 0 Å². The SMILES string of the molecule is C1CO1.COc1ccc2c(c1)[nH]c1ccccc12. The highest BCUT2D eigenvalue weighted by Gasteiger charge is 2.03. The summed E-state index contributed by atoms with van der Waals surface area (Å²) in [5, 5.41) is 2.50. The van der Waals surface area contributed by atoms with E-state index in [1.165, 1.54) is 16.3 Å². The van der Waals surface area contributed by atoms with Gasteiger partial charge in [-0.25, -0.2) is 0 Å². The van der Waals surface area contributed by atoms with Gasteiger partial charge in [-0.05, 0) is 18.2 Å². The lowest BCUT2D eigenvalue weighted by atomic mass is 10.1. The molecule has 3 heteroatoms. The van der Waals surface area contributed by atoms with Gasteiger partial charge in [0.15, 0.2) is 0 Å². The lowest BCUT2D eigenvalue weighted by molar-refractivity contribution is 0.415. The second-order valence-electron chi connectivity index (χ2n) is 4.19. The Labute approximate surface area is 105 Å². The van der Waals surface area contributed by atoms with E-state index < -0.39 is 0 Å². The van der Waals surface area contributed by atoms with Crippen LogP contribution in [0.5, 0.6) is 5.75 Å². The molecule has 0 amide bonds. The molecule has 0 atom stereocenters. The number of methoxy groups -OCH3 is 1. The van der Waals surface area contributed by atoms with E-state index in [4.69, 9.17) is 4.74 Å². The van der Waals surface area contributed by atoms with Gasteiger partial charge in [-0.15, -0.1) is 0 Å². The molecular formula is C15H15NO2. The number of rotatable bonds is 1. The van der Waals surface area contributed by atoms with Gasteiger partial charge < -0.3 is 14.5 Å². The van der Waals surface area contributed by atoms with Crippen LogP contribution in [0.4, 0.5) is 0 Å². The van der Waals surface area contributed by atoms with Crippen LogP contribution in [-0.4, -0.2) is 25.3 Å². The molecule has 2 aromatic carbocycles. The summed E-state index contributed by atoms with van der Waals surface area (Å²) in [5.74, 6) is 0.883. The van der Waals surface area contributed by atoms with Gasteiger partial charge in [0.2, 0.25) is 0 Å². The minimum atomic E-state index is 0.883. The Hall–Kier alpha value is -2.00. The van der Waals surface area contributed by atoms with Crippen LogP contribution in [0.2, 0.25) is 0 Å². The first kappa shape index (κ1) is 11.1. The van der Waals surface area contributed by atoms with Gasteiger partial charge in [-0.3, -0.25) is 0 Å². The second-order valence-corrected chi connectivity index (χ2v) is 4.19. The molecule has 4 rings (SSSR count). The lowest BCUT2D eigenvalue weighted by Crippen LogP contribution is -1.80. The molecule has 0 saturated carbocycles. The molecule has 1 N–H and O–H groups in total. The zero-order chi connectivity index (χ0) is 12.4. The maximum atomic E-state index is 5.20. The molecule has 18 heavy (non-hydrogen) atoms. The summed E-state index contributed by atoms with van der Waals surface area (Å²) in [4.78, 5) is 3.37. The molecule has 2 heterocycles. The largest absolute Gasteiger partial charge is 0.497 e. The Bertz CT molecular complexity index is 668. The summed E-state index contributed by atoms with van der Waals surface area (Å²) in [6.45, 7) is 2.00. The van der Waals surface area contributed by atoms with E-state index >= 15 is 0 Å². The summed E-state index contributed by atoms with van der Waals surface area (Å²) >= 11 is 0. The molecule has 0 aliphatic carbocycles. The van der Waals surface area contributed by atoms with Gasteiger partial charge in [0.1, 0.15) is 5.75 Å². The molecule has 0 spiro atoms. The van der Waals surface area contributed by atoms with Crippen molar-refractivity contribution in [2.45, 2.75) is 0 Å². The van der Waals surface area contributed by atoms with E-state index in [1.807, 2.05) is 18.2 Å². The van der Waals surface area contributed by atoms with Crippen LogP contribution in [0.25, 0.3) is 21.8 Å². The number of hydrogen-bond acceptors (Lipinski definition) is 2. The zero-order valence-electron chi connectivity index (χ0n) is 10.3. The predicted molar refractivity (Wildman–Crippen MR) is 73.2 cm³/mol. The highest BCUT2D eigenvalue weighted by molar-refractivity contribution is 6.07. The van der Waals surface area contributed by atoms with Crippen LogP contribution in [0, 0.1) is 0 Å². The Morgan fingerprint density at radius 1 is 1.00 bits per heavy atom. The van der Waals surface area contributed by atoms with Crippen LogP contribution in [-0.2, 0) is 4.74 Å². The summed E-state index contributed by atoms with van der Waals surface area (Å²) in [6, 6.07) is 14.4.